The first-order valence-corrected chi connectivity index (χ1v) is 10.6. The molecular weight excluding hydrogens is 394 g/mol. The van der Waals surface area contributed by atoms with Crippen LogP contribution in [-0.4, -0.2) is 22.1 Å². The lowest BCUT2D eigenvalue weighted by molar-refractivity contribution is 0.258. The summed E-state index contributed by atoms with van der Waals surface area (Å²) in [5.74, 6) is 7.01. The maximum absolute atomic E-state index is 6.38. The monoisotopic (exact) mass is 417 g/mol. The fourth-order valence-electron chi connectivity index (χ4n) is 3.63. The average molecular weight is 418 g/mol. The van der Waals surface area contributed by atoms with E-state index in [2.05, 4.69) is 21.8 Å². The topological polar surface area (TPSA) is 61.0 Å². The predicted molar refractivity (Wildman–Crippen MR) is 120 cm³/mol. The van der Waals surface area contributed by atoms with Crippen LogP contribution in [-0.2, 0) is 0 Å². The molecule has 0 amide bonds. The van der Waals surface area contributed by atoms with Crippen LogP contribution in [0.3, 0.4) is 0 Å². The van der Waals surface area contributed by atoms with Crippen molar-refractivity contribution in [2.45, 2.75) is 37.6 Å². The van der Waals surface area contributed by atoms with Gasteiger partial charge in [-0.15, -0.1) is 0 Å². The van der Waals surface area contributed by atoms with Gasteiger partial charge in [-0.3, -0.25) is 4.98 Å². The van der Waals surface area contributed by atoms with Gasteiger partial charge in [0.25, 0.3) is 0 Å². The molecule has 1 aromatic heterocycles. The Labute approximate surface area is 182 Å². The molecule has 0 unspecified atom stereocenters. The van der Waals surface area contributed by atoms with Gasteiger partial charge in [0.15, 0.2) is 0 Å². The quantitative estimate of drug-likeness (QED) is 0.577. The summed E-state index contributed by atoms with van der Waals surface area (Å²) in [5, 5.41) is 0.697. The van der Waals surface area contributed by atoms with E-state index in [0.717, 1.165) is 41.8 Å². The van der Waals surface area contributed by atoms with Crippen molar-refractivity contribution in [2.24, 2.45) is 5.73 Å². The first-order chi connectivity index (χ1) is 14.6. The molecule has 0 radical (unpaired) electrons. The SMILES string of the molecule is NC1(CCOc2ccc(C#Cc3cnc(-c4ccc(Cl)cc4)cn3)cc2)CCCC1. The van der Waals surface area contributed by atoms with Gasteiger partial charge in [-0.25, -0.2) is 4.98 Å². The third kappa shape index (κ3) is 5.38. The molecule has 2 N–H and O–H groups in total. The minimum Gasteiger partial charge on any atom is -0.494 e. The zero-order valence-electron chi connectivity index (χ0n) is 16.8. The summed E-state index contributed by atoms with van der Waals surface area (Å²) in [4.78, 5) is 8.83. The Bertz CT molecular complexity index is 1030. The maximum atomic E-state index is 6.38. The van der Waals surface area contributed by atoms with E-state index in [1.54, 1.807) is 12.4 Å². The highest BCUT2D eigenvalue weighted by atomic mass is 35.5. The van der Waals surface area contributed by atoms with Crippen LogP contribution >= 0.6 is 11.6 Å². The molecule has 30 heavy (non-hydrogen) atoms. The van der Waals surface area contributed by atoms with Crippen LogP contribution in [0.1, 0.15) is 43.4 Å². The number of nitrogens with zero attached hydrogens (tertiary/aromatic N) is 2. The molecule has 4 nitrogen and oxygen atoms in total. The lowest BCUT2D eigenvalue weighted by Crippen LogP contribution is -2.37. The van der Waals surface area contributed by atoms with E-state index in [1.165, 1.54) is 12.8 Å². The number of aromatic nitrogens is 2. The van der Waals surface area contributed by atoms with E-state index < -0.39 is 0 Å². The summed E-state index contributed by atoms with van der Waals surface area (Å²) in [6.07, 6.45) is 8.98. The Morgan fingerprint density at radius 3 is 2.33 bits per heavy atom. The first kappa shape index (κ1) is 20.4. The van der Waals surface area contributed by atoms with E-state index in [-0.39, 0.29) is 5.54 Å². The molecule has 3 aromatic rings. The van der Waals surface area contributed by atoms with Gasteiger partial charge in [0, 0.05) is 21.7 Å². The second-order valence-corrected chi connectivity index (χ2v) is 8.17. The van der Waals surface area contributed by atoms with Gasteiger partial charge < -0.3 is 10.5 Å². The van der Waals surface area contributed by atoms with Crippen LogP contribution in [0, 0.1) is 11.8 Å². The molecule has 2 aromatic carbocycles. The predicted octanol–water partition coefficient (Wildman–Crippen LogP) is 5.24. The summed E-state index contributed by atoms with van der Waals surface area (Å²) in [6, 6.07) is 15.3. The van der Waals surface area contributed by atoms with Gasteiger partial charge in [-0.2, -0.15) is 0 Å². The highest BCUT2D eigenvalue weighted by molar-refractivity contribution is 6.30. The zero-order chi connectivity index (χ0) is 20.8. The highest BCUT2D eigenvalue weighted by Gasteiger charge is 2.28. The standard InChI is InChI=1S/C25H24ClN3O/c26-21-8-6-20(7-9-21)24-18-28-22(17-29-24)10-3-19-4-11-23(12-5-19)30-16-15-25(27)13-1-2-14-25/h4-9,11-12,17-18H,1-2,13-16,27H2. The van der Waals surface area contributed by atoms with Gasteiger partial charge >= 0.3 is 0 Å². The lowest BCUT2D eigenvalue weighted by Gasteiger charge is -2.23. The first-order valence-electron chi connectivity index (χ1n) is 10.2. The van der Waals surface area contributed by atoms with Gasteiger partial charge in [0.2, 0.25) is 0 Å². The smallest absolute Gasteiger partial charge is 0.131 e. The van der Waals surface area contributed by atoms with Crippen molar-refractivity contribution in [1.29, 1.82) is 0 Å². The summed E-state index contributed by atoms with van der Waals surface area (Å²) in [7, 11) is 0. The van der Waals surface area contributed by atoms with Crippen molar-refractivity contribution in [3.63, 3.8) is 0 Å². The summed E-state index contributed by atoms with van der Waals surface area (Å²) in [6.45, 7) is 0.650. The van der Waals surface area contributed by atoms with Crippen molar-refractivity contribution < 1.29 is 4.74 Å². The Kier molecular flexibility index (Phi) is 6.32. The third-order valence-electron chi connectivity index (χ3n) is 5.45. The fourth-order valence-corrected chi connectivity index (χ4v) is 3.76. The zero-order valence-corrected chi connectivity index (χ0v) is 17.5. The van der Waals surface area contributed by atoms with Crippen LogP contribution in [0.15, 0.2) is 60.9 Å². The summed E-state index contributed by atoms with van der Waals surface area (Å²) >= 11 is 5.92. The van der Waals surface area contributed by atoms with Crippen molar-refractivity contribution >= 4 is 11.6 Å². The summed E-state index contributed by atoms with van der Waals surface area (Å²) < 4.78 is 5.85. The molecule has 152 valence electrons. The summed E-state index contributed by atoms with van der Waals surface area (Å²) in [5.41, 5.74) is 9.62. The Balaban J connectivity index is 1.33. The van der Waals surface area contributed by atoms with Crippen molar-refractivity contribution in [3.05, 3.63) is 77.2 Å². The largest absolute Gasteiger partial charge is 0.494 e. The molecule has 0 saturated heterocycles. The Morgan fingerprint density at radius 1 is 0.933 bits per heavy atom. The second-order valence-electron chi connectivity index (χ2n) is 7.74. The van der Waals surface area contributed by atoms with E-state index in [4.69, 9.17) is 22.1 Å². The van der Waals surface area contributed by atoms with Crippen LogP contribution in [0.4, 0.5) is 0 Å². The molecule has 0 atom stereocenters. The molecule has 1 heterocycles. The van der Waals surface area contributed by atoms with Crippen LogP contribution in [0.5, 0.6) is 5.75 Å². The van der Waals surface area contributed by atoms with E-state index in [9.17, 15) is 0 Å². The molecule has 1 fully saturated rings. The number of benzene rings is 2. The number of halogens is 1. The van der Waals surface area contributed by atoms with Gasteiger partial charge in [-0.05, 0) is 61.6 Å². The Hall–Kier alpha value is -2.87. The molecule has 5 heteroatoms. The van der Waals surface area contributed by atoms with E-state index in [0.29, 0.717) is 17.3 Å². The second kappa shape index (κ2) is 9.30. The minimum atomic E-state index is -0.0322. The normalized spacial score (nSPS) is 14.7. The molecule has 4 rings (SSSR count). The number of hydrogen-bond acceptors (Lipinski definition) is 4. The third-order valence-corrected chi connectivity index (χ3v) is 5.70. The van der Waals surface area contributed by atoms with E-state index in [1.807, 2.05) is 48.5 Å². The molecule has 1 aliphatic rings. The number of ether oxygens (including phenoxy) is 1. The van der Waals surface area contributed by atoms with Crippen molar-refractivity contribution in [2.75, 3.05) is 6.61 Å². The van der Waals surface area contributed by atoms with Gasteiger partial charge in [0.05, 0.1) is 24.7 Å². The Morgan fingerprint density at radius 2 is 1.67 bits per heavy atom. The minimum absolute atomic E-state index is 0.0322. The van der Waals surface area contributed by atoms with E-state index >= 15 is 0 Å². The number of hydrogen-bond donors (Lipinski definition) is 1. The van der Waals surface area contributed by atoms with Crippen molar-refractivity contribution in [1.82, 2.24) is 9.97 Å². The molecule has 1 saturated carbocycles. The maximum Gasteiger partial charge on any atom is 0.131 e. The van der Waals surface area contributed by atoms with Crippen LogP contribution in [0.25, 0.3) is 11.3 Å². The van der Waals surface area contributed by atoms with Gasteiger partial charge in [-0.1, -0.05) is 42.5 Å². The highest BCUT2D eigenvalue weighted by Crippen LogP contribution is 2.30. The molecule has 1 aliphatic carbocycles. The molecule has 0 spiro atoms. The molecule has 0 bridgehead atoms. The molecule has 0 aliphatic heterocycles. The van der Waals surface area contributed by atoms with Gasteiger partial charge in [0.1, 0.15) is 11.4 Å². The molecular formula is C25H24ClN3O. The average Bonchev–Trinajstić information content (AvgIpc) is 3.21. The number of rotatable bonds is 5. The van der Waals surface area contributed by atoms with Crippen LogP contribution in [0.2, 0.25) is 5.02 Å². The van der Waals surface area contributed by atoms with Crippen LogP contribution < -0.4 is 10.5 Å². The number of nitrogens with two attached hydrogens (primary N) is 1. The lowest BCUT2D eigenvalue weighted by atomic mass is 9.95. The fraction of sp³-hybridized carbons (Fsp3) is 0.280. The van der Waals surface area contributed by atoms with Crippen molar-refractivity contribution in [3.8, 4) is 28.8 Å².